The Morgan fingerprint density at radius 1 is 1.06 bits per heavy atom. The molecule has 7 nitrogen and oxygen atoms in total. The predicted octanol–water partition coefficient (Wildman–Crippen LogP) is 3.03. The van der Waals surface area contributed by atoms with E-state index in [-0.39, 0.29) is 11.5 Å². The zero-order valence-electron chi connectivity index (χ0n) is 19.2. The molecule has 1 saturated heterocycles. The number of carbonyl (C=O) groups excluding carboxylic acids is 3. The summed E-state index contributed by atoms with van der Waals surface area (Å²) in [6.45, 7) is -0.196. The average Bonchev–Trinajstić information content (AvgIpc) is 3.06. The second kappa shape index (κ2) is 9.69. The number of methoxy groups -OCH3 is 1. The van der Waals surface area contributed by atoms with Crippen molar-refractivity contribution in [1.82, 2.24) is 10.2 Å². The number of hydrogen-bond acceptors (Lipinski definition) is 5. The second-order valence-corrected chi connectivity index (χ2v) is 8.82. The number of fused-ring (bicyclic) bond motifs is 2. The van der Waals surface area contributed by atoms with Crippen molar-refractivity contribution in [2.75, 3.05) is 38.2 Å². The molecule has 1 N–H and O–H groups in total. The number of anilines is 1. The number of alkyl halides is 3. The van der Waals surface area contributed by atoms with E-state index in [9.17, 15) is 27.6 Å². The number of hydrogen-bond donors (Lipinski definition) is 1. The van der Waals surface area contributed by atoms with Crippen molar-refractivity contribution in [2.24, 2.45) is 0 Å². The minimum Gasteiger partial charge on any atom is -0.465 e. The molecule has 0 aromatic heterocycles. The molecule has 2 aromatic rings. The van der Waals surface area contributed by atoms with Gasteiger partial charge in [0, 0.05) is 17.8 Å². The summed E-state index contributed by atoms with van der Waals surface area (Å²) in [4.78, 5) is 42.1. The monoisotopic (exact) mass is 489 g/mol. The highest BCUT2D eigenvalue weighted by atomic mass is 19.4. The fourth-order valence-electron chi connectivity index (χ4n) is 4.98. The van der Waals surface area contributed by atoms with Gasteiger partial charge in [-0.05, 0) is 43.6 Å². The van der Waals surface area contributed by atoms with E-state index in [0.29, 0.717) is 43.7 Å². The summed E-state index contributed by atoms with van der Waals surface area (Å²) < 4.78 is 42.6. The number of benzene rings is 2. The van der Waals surface area contributed by atoms with E-state index < -0.39 is 36.6 Å². The Balaban J connectivity index is 1.61. The molecule has 186 valence electrons. The van der Waals surface area contributed by atoms with Gasteiger partial charge in [-0.25, -0.2) is 4.79 Å². The molecule has 2 aliphatic heterocycles. The number of amides is 2. The highest BCUT2D eigenvalue weighted by Crippen LogP contribution is 2.49. The van der Waals surface area contributed by atoms with Crippen LogP contribution in [0.25, 0.3) is 0 Å². The van der Waals surface area contributed by atoms with Crippen molar-refractivity contribution in [3.63, 3.8) is 0 Å². The smallest absolute Gasteiger partial charge is 0.405 e. The molecule has 0 radical (unpaired) electrons. The molecule has 35 heavy (non-hydrogen) atoms. The van der Waals surface area contributed by atoms with Gasteiger partial charge in [0.15, 0.2) is 0 Å². The minimum absolute atomic E-state index is 0.230. The third-order valence-corrected chi connectivity index (χ3v) is 6.62. The lowest BCUT2D eigenvalue weighted by atomic mass is 9.72. The Morgan fingerprint density at radius 3 is 2.37 bits per heavy atom. The standard InChI is InChI=1S/C25H26F3N3O4/c1-35-22(33)18-8-5-9-19-21(18)24(23(34)31(19)15-20(32)29-16-25(26,27)28)10-12-30(13-11-24)14-17-6-3-2-4-7-17/h2-9H,10-16H2,1H3,(H,29,32). The lowest BCUT2D eigenvalue weighted by Gasteiger charge is -2.39. The van der Waals surface area contributed by atoms with Crippen LogP contribution >= 0.6 is 0 Å². The summed E-state index contributed by atoms with van der Waals surface area (Å²) in [5.74, 6) is -1.92. The van der Waals surface area contributed by atoms with Gasteiger partial charge in [0.05, 0.1) is 18.1 Å². The van der Waals surface area contributed by atoms with E-state index in [1.165, 1.54) is 12.0 Å². The number of ether oxygens (including phenoxy) is 1. The summed E-state index contributed by atoms with van der Waals surface area (Å²) in [6, 6.07) is 14.7. The van der Waals surface area contributed by atoms with Crippen LogP contribution in [0, 0.1) is 0 Å². The van der Waals surface area contributed by atoms with Crippen LogP contribution in [-0.2, 0) is 26.3 Å². The lowest BCUT2D eigenvalue weighted by molar-refractivity contribution is -0.138. The number of carbonyl (C=O) groups is 3. The summed E-state index contributed by atoms with van der Waals surface area (Å²) in [5.41, 5.74) is 1.15. The summed E-state index contributed by atoms with van der Waals surface area (Å²) in [5, 5.41) is 1.82. The van der Waals surface area contributed by atoms with Gasteiger partial charge in [0.1, 0.15) is 13.1 Å². The molecule has 2 aromatic carbocycles. The molecular formula is C25H26F3N3O4. The number of likely N-dealkylation sites (tertiary alicyclic amines) is 1. The second-order valence-electron chi connectivity index (χ2n) is 8.82. The molecule has 4 rings (SSSR count). The minimum atomic E-state index is -4.56. The highest BCUT2D eigenvalue weighted by molar-refractivity contribution is 6.13. The van der Waals surface area contributed by atoms with E-state index in [1.807, 2.05) is 35.6 Å². The average molecular weight is 489 g/mol. The van der Waals surface area contributed by atoms with Crippen LogP contribution in [0.5, 0.6) is 0 Å². The van der Waals surface area contributed by atoms with E-state index in [2.05, 4.69) is 4.90 Å². The van der Waals surface area contributed by atoms with Gasteiger partial charge in [-0.15, -0.1) is 0 Å². The van der Waals surface area contributed by atoms with Gasteiger partial charge in [0.2, 0.25) is 11.8 Å². The van der Waals surface area contributed by atoms with Crippen LogP contribution in [0.1, 0.15) is 34.3 Å². The zero-order chi connectivity index (χ0) is 25.2. The van der Waals surface area contributed by atoms with Crippen LogP contribution in [0.4, 0.5) is 18.9 Å². The topological polar surface area (TPSA) is 79.0 Å². The molecule has 2 heterocycles. The maximum absolute atomic E-state index is 13.8. The first kappa shape index (κ1) is 24.7. The Hall–Kier alpha value is -3.40. The number of nitrogens with one attached hydrogen (secondary N) is 1. The summed E-state index contributed by atoms with van der Waals surface area (Å²) >= 11 is 0. The summed E-state index contributed by atoms with van der Waals surface area (Å²) in [7, 11) is 1.25. The molecule has 0 unspecified atom stereocenters. The predicted molar refractivity (Wildman–Crippen MR) is 122 cm³/mol. The Morgan fingerprint density at radius 2 is 1.74 bits per heavy atom. The Bertz CT molecular complexity index is 1110. The molecule has 0 saturated carbocycles. The van der Waals surface area contributed by atoms with Crippen molar-refractivity contribution in [3.05, 3.63) is 65.2 Å². The van der Waals surface area contributed by atoms with Crippen LogP contribution in [0.3, 0.4) is 0 Å². The number of halogens is 3. The van der Waals surface area contributed by atoms with Crippen molar-refractivity contribution in [3.8, 4) is 0 Å². The van der Waals surface area contributed by atoms with Gasteiger partial charge >= 0.3 is 12.1 Å². The van der Waals surface area contributed by atoms with Gasteiger partial charge in [-0.3, -0.25) is 14.5 Å². The van der Waals surface area contributed by atoms with Gasteiger partial charge < -0.3 is 15.0 Å². The van der Waals surface area contributed by atoms with Gasteiger partial charge in [0.25, 0.3) is 0 Å². The van der Waals surface area contributed by atoms with Crippen molar-refractivity contribution in [2.45, 2.75) is 31.0 Å². The fraction of sp³-hybridized carbons (Fsp3) is 0.400. The number of rotatable bonds is 6. The van der Waals surface area contributed by atoms with Crippen molar-refractivity contribution in [1.29, 1.82) is 0 Å². The molecule has 0 aliphatic carbocycles. The number of nitrogens with zero attached hydrogens (tertiary/aromatic N) is 2. The SMILES string of the molecule is COC(=O)c1cccc2c1C1(CCN(Cc3ccccc3)CC1)C(=O)N2CC(=O)NCC(F)(F)F. The first-order chi connectivity index (χ1) is 16.6. The molecule has 1 fully saturated rings. The molecule has 1 spiro atoms. The van der Waals surface area contributed by atoms with Crippen LogP contribution < -0.4 is 10.2 Å². The van der Waals surface area contributed by atoms with E-state index >= 15 is 0 Å². The highest BCUT2D eigenvalue weighted by Gasteiger charge is 2.54. The van der Waals surface area contributed by atoms with Crippen LogP contribution in [0.15, 0.2) is 48.5 Å². The maximum Gasteiger partial charge on any atom is 0.405 e. The summed E-state index contributed by atoms with van der Waals surface area (Å²) in [6.07, 6.45) is -3.76. The van der Waals surface area contributed by atoms with Crippen LogP contribution in [-0.4, -0.2) is 62.1 Å². The van der Waals surface area contributed by atoms with E-state index in [1.54, 1.807) is 18.2 Å². The van der Waals surface area contributed by atoms with Crippen molar-refractivity contribution < 1.29 is 32.3 Å². The molecule has 10 heteroatoms. The Kier molecular flexibility index (Phi) is 6.84. The largest absolute Gasteiger partial charge is 0.465 e. The number of esters is 1. The molecule has 0 bridgehead atoms. The molecule has 2 amide bonds. The first-order valence-electron chi connectivity index (χ1n) is 11.3. The normalized spacial score (nSPS) is 17.4. The quantitative estimate of drug-likeness (QED) is 0.632. The zero-order valence-corrected chi connectivity index (χ0v) is 19.2. The lowest BCUT2D eigenvalue weighted by Crippen LogP contribution is -2.50. The van der Waals surface area contributed by atoms with Crippen molar-refractivity contribution >= 4 is 23.5 Å². The van der Waals surface area contributed by atoms with Crippen LogP contribution in [0.2, 0.25) is 0 Å². The first-order valence-corrected chi connectivity index (χ1v) is 11.3. The Labute approximate surface area is 200 Å². The number of piperidine rings is 1. The van der Waals surface area contributed by atoms with Gasteiger partial charge in [-0.1, -0.05) is 36.4 Å². The molecular weight excluding hydrogens is 463 g/mol. The molecule has 0 atom stereocenters. The third-order valence-electron chi connectivity index (χ3n) is 6.62. The fourth-order valence-corrected chi connectivity index (χ4v) is 4.98. The third kappa shape index (κ3) is 5.02. The van der Waals surface area contributed by atoms with Gasteiger partial charge in [-0.2, -0.15) is 13.2 Å². The maximum atomic E-state index is 13.8. The molecule has 2 aliphatic rings. The van der Waals surface area contributed by atoms with E-state index in [0.717, 1.165) is 5.56 Å². The van der Waals surface area contributed by atoms with E-state index in [4.69, 9.17) is 4.74 Å².